The Balaban J connectivity index is 2.97. The molecule has 20 heavy (non-hydrogen) atoms. The number of halogens is 4. The molecule has 10 heteroatoms. The Bertz CT molecular complexity index is 554. The summed E-state index contributed by atoms with van der Waals surface area (Å²) in [6, 6.07) is 1.84. The molecule has 6 nitrogen and oxygen atoms in total. The lowest BCUT2D eigenvalue weighted by Crippen LogP contribution is -2.39. The summed E-state index contributed by atoms with van der Waals surface area (Å²) < 4.78 is 25.5. The lowest BCUT2D eigenvalue weighted by molar-refractivity contribution is -0.384. The van der Waals surface area contributed by atoms with Crippen LogP contribution in [0.5, 0.6) is 0 Å². The van der Waals surface area contributed by atoms with Crippen molar-refractivity contribution in [3.05, 3.63) is 37.9 Å². The first-order chi connectivity index (χ1) is 9.18. The van der Waals surface area contributed by atoms with E-state index in [1.807, 2.05) is 5.32 Å². The van der Waals surface area contributed by atoms with Crippen molar-refractivity contribution in [1.82, 2.24) is 5.32 Å². The van der Waals surface area contributed by atoms with E-state index in [4.69, 9.17) is 28.3 Å². The Kier molecular flexibility index (Phi) is 5.21. The highest BCUT2D eigenvalue weighted by molar-refractivity contribution is 6.43. The fourth-order valence-electron chi connectivity index (χ4n) is 1.21. The smallest absolute Gasteiger partial charge is 0.290 e. The zero-order valence-corrected chi connectivity index (χ0v) is 11.2. The van der Waals surface area contributed by atoms with E-state index in [-0.39, 0.29) is 15.6 Å². The average molecular weight is 329 g/mol. The zero-order chi connectivity index (χ0) is 15.5. The number of carbonyl (C=O) groups excluding carboxylic acids is 1. The van der Waals surface area contributed by atoms with Crippen LogP contribution in [0.25, 0.3) is 0 Å². The molecule has 110 valence electrons. The second-order valence-electron chi connectivity index (χ2n) is 3.75. The van der Waals surface area contributed by atoms with Crippen LogP contribution >= 0.6 is 23.2 Å². The van der Waals surface area contributed by atoms with Gasteiger partial charge in [-0.05, 0) is 6.07 Å². The Morgan fingerprint density at radius 2 is 2.05 bits per heavy atom. The van der Waals surface area contributed by atoms with Crippen molar-refractivity contribution in [3.8, 4) is 0 Å². The Labute approximate surface area is 121 Å². The number of benzene rings is 1. The van der Waals surface area contributed by atoms with Gasteiger partial charge in [-0.1, -0.05) is 23.2 Å². The van der Waals surface area contributed by atoms with Crippen molar-refractivity contribution in [2.75, 3.05) is 13.2 Å². The van der Waals surface area contributed by atoms with Gasteiger partial charge in [0.15, 0.2) is 0 Å². The Morgan fingerprint density at radius 3 is 2.55 bits per heavy atom. The third kappa shape index (κ3) is 3.99. The predicted octanol–water partition coefficient (Wildman–Crippen LogP) is 2.26. The van der Waals surface area contributed by atoms with Crippen molar-refractivity contribution in [2.24, 2.45) is 0 Å². The van der Waals surface area contributed by atoms with Crippen LogP contribution < -0.4 is 5.32 Å². The topological polar surface area (TPSA) is 92.5 Å². The normalized spacial score (nSPS) is 11.2. The lowest BCUT2D eigenvalue weighted by atomic mass is 10.2. The van der Waals surface area contributed by atoms with E-state index in [0.717, 1.165) is 12.1 Å². The minimum absolute atomic E-state index is 0.250. The van der Waals surface area contributed by atoms with Crippen molar-refractivity contribution >= 4 is 34.8 Å². The average Bonchev–Trinajstić information content (AvgIpc) is 2.38. The largest absolute Gasteiger partial charge is 0.390 e. The monoisotopic (exact) mass is 328 g/mol. The van der Waals surface area contributed by atoms with Gasteiger partial charge in [0.05, 0.1) is 16.5 Å². The molecule has 0 saturated heterocycles. The summed E-state index contributed by atoms with van der Waals surface area (Å²) in [4.78, 5) is 21.4. The highest BCUT2D eigenvalue weighted by Crippen LogP contribution is 2.33. The van der Waals surface area contributed by atoms with Crippen molar-refractivity contribution < 1.29 is 23.6 Å². The van der Waals surface area contributed by atoms with Gasteiger partial charge in [0.25, 0.3) is 17.5 Å². The third-order valence-electron chi connectivity index (χ3n) is 2.21. The molecule has 1 aromatic rings. The molecule has 0 atom stereocenters. The Hall–Kier alpha value is -1.51. The number of nitro benzene ring substituents is 1. The van der Waals surface area contributed by atoms with Crippen LogP contribution in [0.4, 0.5) is 14.5 Å². The number of aliphatic hydroxyl groups excluding tert-OH is 1. The fourth-order valence-corrected chi connectivity index (χ4v) is 1.60. The van der Waals surface area contributed by atoms with Crippen LogP contribution in [0, 0.1) is 10.1 Å². The van der Waals surface area contributed by atoms with E-state index >= 15 is 0 Å². The summed E-state index contributed by atoms with van der Waals surface area (Å²) in [7, 11) is 0. The third-order valence-corrected chi connectivity index (χ3v) is 3.00. The quantitative estimate of drug-likeness (QED) is 0.640. The highest BCUT2D eigenvalue weighted by Gasteiger charge is 2.29. The maximum absolute atomic E-state index is 12.8. The van der Waals surface area contributed by atoms with E-state index in [9.17, 15) is 23.7 Å². The van der Waals surface area contributed by atoms with Crippen LogP contribution in [-0.4, -0.2) is 35.0 Å². The molecule has 0 aliphatic heterocycles. The molecule has 0 aliphatic rings. The number of alkyl halides is 2. The van der Waals surface area contributed by atoms with Crippen LogP contribution in [0.1, 0.15) is 10.4 Å². The molecule has 0 heterocycles. The molecular weight excluding hydrogens is 321 g/mol. The van der Waals surface area contributed by atoms with E-state index in [1.165, 1.54) is 0 Å². The predicted molar refractivity (Wildman–Crippen MR) is 67.5 cm³/mol. The summed E-state index contributed by atoms with van der Waals surface area (Å²) in [6.07, 6.45) is 0. The summed E-state index contributed by atoms with van der Waals surface area (Å²) in [5, 5.41) is 20.3. The molecule has 1 aromatic carbocycles. The zero-order valence-electron chi connectivity index (χ0n) is 9.70. The molecule has 0 bridgehead atoms. The number of hydrogen-bond acceptors (Lipinski definition) is 4. The molecule has 1 rings (SSSR count). The minimum Gasteiger partial charge on any atom is -0.390 e. The number of carbonyl (C=O) groups is 1. The van der Waals surface area contributed by atoms with Crippen LogP contribution in [0.3, 0.4) is 0 Å². The van der Waals surface area contributed by atoms with Gasteiger partial charge in [-0.2, -0.15) is 0 Å². The van der Waals surface area contributed by atoms with Gasteiger partial charge >= 0.3 is 0 Å². The standard InChI is InChI=1S/C10H8Cl2F2N2O4/c11-6-1-5(2-7(8(6)12)16(19)20)9(18)15-3-10(13,14)4-17/h1-2,17H,3-4H2,(H,15,18). The van der Waals surface area contributed by atoms with Gasteiger partial charge in [0.1, 0.15) is 11.6 Å². The van der Waals surface area contributed by atoms with Gasteiger partial charge in [-0.3, -0.25) is 14.9 Å². The van der Waals surface area contributed by atoms with Crippen LogP contribution in [0.15, 0.2) is 12.1 Å². The second-order valence-corrected chi connectivity index (χ2v) is 4.53. The highest BCUT2D eigenvalue weighted by atomic mass is 35.5. The summed E-state index contributed by atoms with van der Waals surface area (Å²) in [5.74, 6) is -4.49. The first-order valence-corrected chi connectivity index (χ1v) is 5.84. The number of nitrogens with one attached hydrogen (secondary N) is 1. The van der Waals surface area contributed by atoms with Gasteiger partial charge in [-0.15, -0.1) is 0 Å². The second kappa shape index (κ2) is 6.29. The molecule has 2 N–H and O–H groups in total. The molecule has 0 spiro atoms. The summed E-state index contributed by atoms with van der Waals surface area (Å²) in [5.41, 5.74) is -0.905. The molecule has 0 fully saturated rings. The Morgan fingerprint density at radius 1 is 1.45 bits per heavy atom. The van der Waals surface area contributed by atoms with Crippen LogP contribution in [-0.2, 0) is 0 Å². The van der Waals surface area contributed by atoms with Crippen molar-refractivity contribution in [2.45, 2.75) is 5.92 Å². The van der Waals surface area contributed by atoms with Gasteiger partial charge in [0, 0.05) is 11.6 Å². The molecule has 0 unspecified atom stereocenters. The van der Waals surface area contributed by atoms with Crippen molar-refractivity contribution in [3.63, 3.8) is 0 Å². The maximum Gasteiger partial charge on any atom is 0.290 e. The number of nitro groups is 1. The molecule has 0 aromatic heterocycles. The molecule has 0 aliphatic carbocycles. The van der Waals surface area contributed by atoms with Crippen LogP contribution in [0.2, 0.25) is 10.0 Å². The van der Waals surface area contributed by atoms with E-state index in [2.05, 4.69) is 0 Å². The molecule has 1 amide bonds. The van der Waals surface area contributed by atoms with E-state index in [1.54, 1.807) is 0 Å². The van der Waals surface area contributed by atoms with E-state index in [0.29, 0.717) is 0 Å². The number of rotatable bonds is 5. The molecular formula is C10H8Cl2F2N2O4. The van der Waals surface area contributed by atoms with Crippen molar-refractivity contribution in [1.29, 1.82) is 0 Å². The number of amides is 1. The number of hydrogen-bond donors (Lipinski definition) is 2. The van der Waals surface area contributed by atoms with Gasteiger partial charge in [-0.25, -0.2) is 8.78 Å². The molecule has 0 saturated carbocycles. The SMILES string of the molecule is O=C(NCC(F)(F)CO)c1cc(Cl)c(Cl)c([N+](=O)[O-])c1. The first kappa shape index (κ1) is 16.5. The maximum atomic E-state index is 12.8. The number of aliphatic hydroxyl groups is 1. The van der Waals surface area contributed by atoms with Gasteiger partial charge < -0.3 is 10.4 Å². The van der Waals surface area contributed by atoms with Gasteiger partial charge in [0.2, 0.25) is 0 Å². The van der Waals surface area contributed by atoms with E-state index < -0.39 is 35.6 Å². The molecule has 0 radical (unpaired) electrons. The first-order valence-electron chi connectivity index (χ1n) is 5.08. The lowest BCUT2D eigenvalue weighted by Gasteiger charge is -2.14. The number of nitrogens with zero attached hydrogens (tertiary/aromatic N) is 1. The summed E-state index contributed by atoms with van der Waals surface area (Å²) in [6.45, 7) is -2.55. The minimum atomic E-state index is -3.49. The fraction of sp³-hybridized carbons (Fsp3) is 0.300. The summed E-state index contributed by atoms with van der Waals surface area (Å²) >= 11 is 11.2.